The Morgan fingerprint density at radius 1 is 1.00 bits per heavy atom. The van der Waals surface area contributed by atoms with Crippen molar-refractivity contribution in [1.82, 2.24) is 19.9 Å². The third-order valence-electron chi connectivity index (χ3n) is 4.57. The number of aromatic amines is 1. The number of aromatic nitrogens is 4. The van der Waals surface area contributed by atoms with Crippen LogP contribution in [0.15, 0.2) is 12.3 Å². The first-order valence-electron chi connectivity index (χ1n) is 8.37. The summed E-state index contributed by atoms with van der Waals surface area (Å²) in [5.74, 6) is -4.05. The van der Waals surface area contributed by atoms with E-state index >= 15 is 0 Å². The van der Waals surface area contributed by atoms with E-state index in [1.54, 1.807) is 19.2 Å². The van der Waals surface area contributed by atoms with Gasteiger partial charge in [0.2, 0.25) is 5.95 Å². The number of halogens is 4. The fourth-order valence-corrected chi connectivity index (χ4v) is 3.19. The third-order valence-corrected chi connectivity index (χ3v) is 4.57. The van der Waals surface area contributed by atoms with E-state index in [-0.39, 0.29) is 37.7 Å². The molecule has 0 spiro atoms. The minimum Gasteiger partial charge on any atom is -0.367 e. The second-order valence-electron chi connectivity index (χ2n) is 7.06. The van der Waals surface area contributed by atoms with Gasteiger partial charge in [-0.15, -0.1) is 0 Å². The molecule has 2 heterocycles. The lowest BCUT2D eigenvalue weighted by molar-refractivity contribution is -0.0799. The molecular formula is C16H18F4N6. The Labute approximate surface area is 146 Å². The molecule has 0 amide bonds. The topological polar surface area (TPSA) is 78.5 Å². The normalized spacial score (nSPS) is 21.7. The lowest BCUT2D eigenvalue weighted by Gasteiger charge is -2.36. The van der Waals surface area contributed by atoms with Crippen molar-refractivity contribution in [3.63, 3.8) is 0 Å². The zero-order valence-corrected chi connectivity index (χ0v) is 14.0. The van der Waals surface area contributed by atoms with Crippen LogP contribution in [0.3, 0.4) is 0 Å². The van der Waals surface area contributed by atoms with Crippen molar-refractivity contribution in [2.45, 2.75) is 56.5 Å². The van der Waals surface area contributed by atoms with Gasteiger partial charge in [0.1, 0.15) is 11.6 Å². The number of nitrogens with one attached hydrogen (secondary N) is 3. The highest BCUT2D eigenvalue weighted by Gasteiger charge is 2.46. The van der Waals surface area contributed by atoms with Crippen LogP contribution in [0.2, 0.25) is 0 Å². The van der Waals surface area contributed by atoms with Gasteiger partial charge in [0.25, 0.3) is 11.8 Å². The number of imidazole rings is 1. The second kappa shape index (κ2) is 5.82. The largest absolute Gasteiger partial charge is 0.367 e. The Hall–Kier alpha value is -2.39. The first-order chi connectivity index (χ1) is 12.2. The van der Waals surface area contributed by atoms with Crippen LogP contribution in [0.5, 0.6) is 0 Å². The summed E-state index contributed by atoms with van der Waals surface area (Å²) >= 11 is 0. The van der Waals surface area contributed by atoms with Crippen molar-refractivity contribution in [3.05, 3.63) is 18.1 Å². The van der Waals surface area contributed by atoms with Gasteiger partial charge in [0, 0.05) is 43.8 Å². The van der Waals surface area contributed by atoms with Gasteiger partial charge in [-0.2, -0.15) is 4.98 Å². The lowest BCUT2D eigenvalue weighted by atomic mass is 9.88. The Bertz CT molecular complexity index is 761. The van der Waals surface area contributed by atoms with E-state index in [4.69, 9.17) is 0 Å². The van der Waals surface area contributed by atoms with Gasteiger partial charge in [0.05, 0.1) is 17.6 Å². The average molecular weight is 370 g/mol. The number of aryl methyl sites for hydroxylation is 1. The van der Waals surface area contributed by atoms with Crippen molar-refractivity contribution in [3.8, 4) is 11.4 Å². The summed E-state index contributed by atoms with van der Waals surface area (Å²) in [5, 5.41) is 5.86. The number of nitrogens with zero attached hydrogens (tertiary/aromatic N) is 3. The van der Waals surface area contributed by atoms with Crippen molar-refractivity contribution < 1.29 is 17.6 Å². The Balaban J connectivity index is 1.55. The molecule has 2 aliphatic carbocycles. The Kier molecular flexibility index (Phi) is 3.81. The van der Waals surface area contributed by atoms with Crippen LogP contribution in [0.4, 0.5) is 29.3 Å². The van der Waals surface area contributed by atoms with E-state index in [2.05, 4.69) is 30.6 Å². The first kappa shape index (κ1) is 17.0. The summed E-state index contributed by atoms with van der Waals surface area (Å²) in [6.45, 7) is 1.79. The molecule has 26 heavy (non-hydrogen) atoms. The molecule has 3 N–H and O–H groups in total. The smallest absolute Gasteiger partial charge is 0.252 e. The number of anilines is 2. The fraction of sp³-hybridized carbons (Fsp3) is 0.562. The van der Waals surface area contributed by atoms with E-state index in [0.29, 0.717) is 23.0 Å². The van der Waals surface area contributed by atoms with E-state index < -0.39 is 17.9 Å². The van der Waals surface area contributed by atoms with Crippen LogP contribution >= 0.6 is 0 Å². The molecule has 0 bridgehead atoms. The zero-order valence-electron chi connectivity index (χ0n) is 14.0. The maximum atomic E-state index is 13.0. The molecular weight excluding hydrogens is 352 g/mol. The van der Waals surface area contributed by atoms with Crippen LogP contribution < -0.4 is 10.6 Å². The van der Waals surface area contributed by atoms with Crippen LogP contribution in [-0.2, 0) is 0 Å². The molecule has 2 fully saturated rings. The minimum absolute atomic E-state index is 0.184. The van der Waals surface area contributed by atoms with Gasteiger partial charge < -0.3 is 15.6 Å². The highest BCUT2D eigenvalue weighted by Crippen LogP contribution is 2.40. The van der Waals surface area contributed by atoms with Crippen molar-refractivity contribution in [2.24, 2.45) is 0 Å². The van der Waals surface area contributed by atoms with Gasteiger partial charge in [-0.3, -0.25) is 0 Å². The zero-order chi connectivity index (χ0) is 18.5. The monoisotopic (exact) mass is 370 g/mol. The van der Waals surface area contributed by atoms with Crippen LogP contribution in [0, 0.1) is 6.92 Å². The molecule has 0 atom stereocenters. The van der Waals surface area contributed by atoms with Crippen molar-refractivity contribution in [1.29, 1.82) is 0 Å². The standard InChI is InChI=1S/C16H18F4N6/c1-8-21-7-12(22-8)11-2-13(23-9-3-15(17,18)4-9)26-14(25-11)24-10-5-16(19,20)6-10/h2,7,9-10H,3-6H2,1H3,(H,21,22)(H2,23,24,25,26). The van der Waals surface area contributed by atoms with Crippen LogP contribution in [0.25, 0.3) is 11.4 Å². The molecule has 140 valence electrons. The second-order valence-corrected chi connectivity index (χ2v) is 7.06. The number of hydrogen-bond acceptors (Lipinski definition) is 5. The van der Waals surface area contributed by atoms with Gasteiger partial charge in [-0.1, -0.05) is 0 Å². The fourth-order valence-electron chi connectivity index (χ4n) is 3.19. The molecule has 6 nitrogen and oxygen atoms in total. The summed E-state index contributed by atoms with van der Waals surface area (Å²) in [6.07, 6.45) is 0.531. The van der Waals surface area contributed by atoms with Crippen molar-refractivity contribution >= 4 is 11.8 Å². The first-order valence-corrected chi connectivity index (χ1v) is 8.37. The summed E-state index contributed by atoms with van der Waals surface area (Å²) in [6, 6.07) is 0.839. The summed E-state index contributed by atoms with van der Waals surface area (Å²) in [7, 11) is 0. The highest BCUT2D eigenvalue weighted by molar-refractivity contribution is 5.61. The van der Waals surface area contributed by atoms with Crippen LogP contribution in [0.1, 0.15) is 31.5 Å². The third kappa shape index (κ3) is 3.58. The lowest BCUT2D eigenvalue weighted by Crippen LogP contribution is -2.45. The molecule has 0 saturated heterocycles. The molecule has 0 unspecified atom stereocenters. The quantitative estimate of drug-likeness (QED) is 0.701. The van der Waals surface area contributed by atoms with E-state index in [1.807, 2.05) is 0 Å². The summed E-state index contributed by atoms with van der Waals surface area (Å²) in [4.78, 5) is 15.7. The van der Waals surface area contributed by atoms with E-state index in [9.17, 15) is 17.6 Å². The number of H-pyrrole nitrogens is 1. The molecule has 2 aliphatic rings. The molecule has 2 aromatic rings. The average Bonchev–Trinajstić information content (AvgIpc) is 2.90. The molecule has 0 aliphatic heterocycles. The predicted octanol–water partition coefficient (Wildman–Crippen LogP) is 3.59. The Morgan fingerprint density at radius 3 is 2.15 bits per heavy atom. The van der Waals surface area contributed by atoms with Crippen molar-refractivity contribution in [2.75, 3.05) is 10.6 Å². The van der Waals surface area contributed by atoms with Crippen LogP contribution in [-0.4, -0.2) is 43.9 Å². The van der Waals surface area contributed by atoms with E-state index in [1.165, 1.54) is 0 Å². The highest BCUT2D eigenvalue weighted by atomic mass is 19.3. The molecule has 10 heteroatoms. The summed E-state index contributed by atoms with van der Waals surface area (Å²) < 4.78 is 52.2. The molecule has 2 aromatic heterocycles. The number of alkyl halides is 4. The molecule has 0 radical (unpaired) electrons. The van der Waals surface area contributed by atoms with E-state index in [0.717, 1.165) is 0 Å². The summed E-state index contributed by atoms with van der Waals surface area (Å²) in [5.41, 5.74) is 1.14. The predicted molar refractivity (Wildman–Crippen MR) is 87.5 cm³/mol. The molecule has 0 aromatic carbocycles. The number of hydrogen-bond donors (Lipinski definition) is 3. The van der Waals surface area contributed by atoms with Gasteiger partial charge in [0.15, 0.2) is 0 Å². The number of rotatable bonds is 5. The van der Waals surface area contributed by atoms with Gasteiger partial charge in [-0.25, -0.2) is 27.5 Å². The SMILES string of the molecule is Cc1ncc(-c2cc(NC3CC(F)(F)C3)nc(NC3CC(F)(F)C3)n2)[nH]1. The maximum absolute atomic E-state index is 13.0. The Morgan fingerprint density at radius 2 is 1.62 bits per heavy atom. The van der Waals surface area contributed by atoms with Gasteiger partial charge in [-0.05, 0) is 6.92 Å². The maximum Gasteiger partial charge on any atom is 0.252 e. The molecule has 2 saturated carbocycles. The minimum atomic E-state index is -2.66. The molecule has 4 rings (SSSR count). The van der Waals surface area contributed by atoms with Gasteiger partial charge >= 0.3 is 0 Å².